The van der Waals surface area contributed by atoms with Crippen molar-refractivity contribution in [2.75, 3.05) is 11.9 Å². The molecule has 0 fully saturated rings. The molecule has 0 saturated heterocycles. The van der Waals surface area contributed by atoms with E-state index in [1.165, 1.54) is 18.5 Å². The molecule has 0 radical (unpaired) electrons. The van der Waals surface area contributed by atoms with Crippen LogP contribution in [0.3, 0.4) is 0 Å². The molecule has 6 heteroatoms. The van der Waals surface area contributed by atoms with Crippen molar-refractivity contribution in [2.45, 2.75) is 0 Å². The van der Waals surface area contributed by atoms with E-state index < -0.39 is 5.97 Å². The van der Waals surface area contributed by atoms with Crippen molar-refractivity contribution in [2.24, 2.45) is 0 Å². The van der Waals surface area contributed by atoms with Crippen LogP contribution in [0, 0.1) is 0 Å². The summed E-state index contributed by atoms with van der Waals surface area (Å²) in [5.41, 5.74) is 1.74. The molecule has 0 saturated carbocycles. The van der Waals surface area contributed by atoms with Crippen LogP contribution in [0.2, 0.25) is 5.02 Å². The van der Waals surface area contributed by atoms with E-state index >= 15 is 0 Å². The Morgan fingerprint density at radius 2 is 2.29 bits per heavy atom. The van der Waals surface area contributed by atoms with Crippen LogP contribution in [0.1, 0.15) is 10.4 Å². The van der Waals surface area contributed by atoms with E-state index in [9.17, 15) is 4.79 Å². The molecule has 21 heavy (non-hydrogen) atoms. The van der Waals surface area contributed by atoms with Gasteiger partial charge in [-0.15, -0.1) is 0 Å². The number of ether oxygens (including phenoxy) is 2. The Morgan fingerprint density at radius 1 is 1.43 bits per heavy atom. The molecule has 1 aliphatic heterocycles. The van der Waals surface area contributed by atoms with Crippen molar-refractivity contribution in [3.8, 4) is 11.5 Å². The van der Waals surface area contributed by atoms with Gasteiger partial charge in [-0.2, -0.15) is 0 Å². The van der Waals surface area contributed by atoms with Gasteiger partial charge in [0, 0.05) is 18.0 Å². The topological polar surface area (TPSA) is 60.5 Å². The molecule has 3 rings (SSSR count). The van der Waals surface area contributed by atoms with E-state index in [0.717, 1.165) is 5.70 Å². The average molecular weight is 303 g/mol. The molecule has 0 amide bonds. The Balaban J connectivity index is 1.89. The average Bonchev–Trinajstić information content (AvgIpc) is 2.46. The monoisotopic (exact) mass is 302 g/mol. The summed E-state index contributed by atoms with van der Waals surface area (Å²) < 4.78 is 10.8. The van der Waals surface area contributed by atoms with Gasteiger partial charge in [-0.25, -0.2) is 4.79 Å². The third-order valence-electron chi connectivity index (χ3n) is 2.83. The maximum absolute atomic E-state index is 12.3. The molecule has 5 nitrogen and oxygen atoms in total. The predicted octanol–water partition coefficient (Wildman–Crippen LogP) is 3.27. The second kappa shape index (κ2) is 5.46. The number of esters is 1. The van der Waals surface area contributed by atoms with Crippen LogP contribution in [-0.4, -0.2) is 17.6 Å². The lowest BCUT2D eigenvalue weighted by molar-refractivity contribution is 0.0730. The highest BCUT2D eigenvalue weighted by atomic mass is 35.5. The van der Waals surface area contributed by atoms with E-state index in [0.29, 0.717) is 28.6 Å². The summed E-state index contributed by atoms with van der Waals surface area (Å²) in [6.45, 7) is 4.09. The first-order valence-electron chi connectivity index (χ1n) is 6.17. The number of halogens is 1. The maximum atomic E-state index is 12.3. The number of carbonyl (C=O) groups excluding carboxylic acids is 1. The number of fused-ring (bicyclic) bond motifs is 1. The van der Waals surface area contributed by atoms with Crippen molar-refractivity contribution in [3.63, 3.8) is 0 Å². The number of nitrogens with zero attached hydrogens (tertiary/aromatic N) is 1. The van der Waals surface area contributed by atoms with Gasteiger partial charge < -0.3 is 14.8 Å². The number of benzene rings is 1. The lowest BCUT2D eigenvalue weighted by Crippen LogP contribution is -2.19. The fourth-order valence-electron chi connectivity index (χ4n) is 1.95. The van der Waals surface area contributed by atoms with Crippen molar-refractivity contribution in [1.29, 1.82) is 0 Å². The van der Waals surface area contributed by atoms with Crippen LogP contribution in [0.15, 0.2) is 48.9 Å². The number of pyridine rings is 1. The first-order valence-corrected chi connectivity index (χ1v) is 6.54. The number of para-hydroxylation sites is 1. The molecular weight excluding hydrogens is 292 g/mol. The lowest BCUT2D eigenvalue weighted by atomic mass is 10.1. The standard InChI is InChI=1S/C15H11ClN2O3/c1-9-8-20-14-12(3-2-4-13(14)18-9)15(19)21-11-5-10(16)6-17-7-11/h2-7,18H,1,8H2. The highest BCUT2D eigenvalue weighted by Gasteiger charge is 2.21. The van der Waals surface area contributed by atoms with Crippen LogP contribution >= 0.6 is 11.6 Å². The van der Waals surface area contributed by atoms with E-state index in [1.807, 2.05) is 0 Å². The number of rotatable bonds is 2. The van der Waals surface area contributed by atoms with Crippen LogP contribution in [0.5, 0.6) is 11.5 Å². The van der Waals surface area contributed by atoms with E-state index in [-0.39, 0.29) is 5.75 Å². The summed E-state index contributed by atoms with van der Waals surface area (Å²) in [5.74, 6) is 0.188. The Bertz CT molecular complexity index is 731. The smallest absolute Gasteiger partial charge is 0.347 e. The van der Waals surface area contributed by atoms with Gasteiger partial charge in [-0.05, 0) is 12.1 Å². The Morgan fingerprint density at radius 3 is 3.10 bits per heavy atom. The second-order valence-electron chi connectivity index (χ2n) is 4.43. The lowest BCUT2D eigenvalue weighted by Gasteiger charge is -2.22. The minimum atomic E-state index is -0.537. The molecule has 1 N–H and O–H groups in total. The van der Waals surface area contributed by atoms with Crippen LogP contribution in [0.4, 0.5) is 5.69 Å². The molecule has 0 unspecified atom stereocenters. The summed E-state index contributed by atoms with van der Waals surface area (Å²) >= 11 is 5.81. The van der Waals surface area contributed by atoms with Crippen LogP contribution < -0.4 is 14.8 Å². The highest BCUT2D eigenvalue weighted by molar-refractivity contribution is 6.30. The summed E-state index contributed by atoms with van der Waals surface area (Å²) in [7, 11) is 0. The zero-order valence-corrected chi connectivity index (χ0v) is 11.7. The quantitative estimate of drug-likeness (QED) is 0.863. The molecular formula is C15H11ClN2O3. The fourth-order valence-corrected chi connectivity index (χ4v) is 2.11. The summed E-state index contributed by atoms with van der Waals surface area (Å²) in [5, 5.41) is 3.46. The number of carbonyl (C=O) groups is 1. The highest BCUT2D eigenvalue weighted by Crippen LogP contribution is 2.33. The van der Waals surface area contributed by atoms with Gasteiger partial charge in [0.2, 0.25) is 0 Å². The number of hydrogen-bond donors (Lipinski definition) is 1. The van der Waals surface area contributed by atoms with Gasteiger partial charge in [0.25, 0.3) is 0 Å². The molecule has 1 aromatic carbocycles. The predicted molar refractivity (Wildman–Crippen MR) is 78.9 cm³/mol. The van der Waals surface area contributed by atoms with Gasteiger partial charge in [-0.1, -0.05) is 24.2 Å². The normalized spacial score (nSPS) is 12.9. The first kappa shape index (κ1) is 13.5. The number of hydrogen-bond acceptors (Lipinski definition) is 5. The van der Waals surface area contributed by atoms with Gasteiger partial charge in [0.05, 0.1) is 16.9 Å². The van der Waals surface area contributed by atoms with Crippen molar-refractivity contribution >= 4 is 23.3 Å². The van der Waals surface area contributed by atoms with Gasteiger partial charge in [-0.3, -0.25) is 4.98 Å². The largest absolute Gasteiger partial charge is 0.484 e. The maximum Gasteiger partial charge on any atom is 0.347 e. The van der Waals surface area contributed by atoms with Crippen molar-refractivity contribution < 1.29 is 14.3 Å². The van der Waals surface area contributed by atoms with E-state index in [2.05, 4.69) is 16.9 Å². The molecule has 0 bridgehead atoms. The third kappa shape index (κ3) is 2.83. The first-order chi connectivity index (χ1) is 10.1. The molecule has 0 spiro atoms. The van der Waals surface area contributed by atoms with Crippen molar-refractivity contribution in [1.82, 2.24) is 4.98 Å². The number of nitrogens with one attached hydrogen (secondary N) is 1. The molecule has 2 aromatic rings. The number of aromatic nitrogens is 1. The molecule has 1 aliphatic rings. The zero-order chi connectivity index (χ0) is 14.8. The molecule has 106 valence electrons. The minimum Gasteiger partial charge on any atom is -0.484 e. The van der Waals surface area contributed by atoms with Crippen LogP contribution in [0.25, 0.3) is 0 Å². The molecule has 1 aromatic heterocycles. The zero-order valence-electron chi connectivity index (χ0n) is 10.9. The SMILES string of the molecule is C=C1COc2c(cccc2C(=O)Oc2cncc(Cl)c2)N1. The van der Waals surface area contributed by atoms with Crippen molar-refractivity contribution in [3.05, 3.63) is 59.5 Å². The Hall–Kier alpha value is -2.53. The number of anilines is 1. The third-order valence-corrected chi connectivity index (χ3v) is 3.03. The van der Waals surface area contributed by atoms with Gasteiger partial charge in [0.15, 0.2) is 11.5 Å². The Kier molecular flexibility index (Phi) is 3.50. The summed E-state index contributed by atoms with van der Waals surface area (Å²) in [4.78, 5) is 16.1. The Labute approximate surface area is 126 Å². The fraction of sp³-hybridized carbons (Fsp3) is 0.0667. The summed E-state index contributed by atoms with van der Waals surface area (Å²) in [6.07, 6.45) is 2.88. The second-order valence-corrected chi connectivity index (χ2v) is 4.86. The van der Waals surface area contributed by atoms with E-state index in [4.69, 9.17) is 21.1 Å². The van der Waals surface area contributed by atoms with Crippen LogP contribution in [-0.2, 0) is 0 Å². The molecule has 0 aliphatic carbocycles. The van der Waals surface area contributed by atoms with Gasteiger partial charge in [0.1, 0.15) is 12.2 Å². The molecule has 0 atom stereocenters. The summed E-state index contributed by atoms with van der Waals surface area (Å²) in [6, 6.07) is 6.69. The minimum absolute atomic E-state index is 0.276. The van der Waals surface area contributed by atoms with E-state index in [1.54, 1.807) is 18.2 Å². The molecule has 2 heterocycles. The van der Waals surface area contributed by atoms with Gasteiger partial charge >= 0.3 is 5.97 Å².